The van der Waals surface area contributed by atoms with Crippen LogP contribution in [-0.2, 0) is 32.7 Å². The highest BCUT2D eigenvalue weighted by Gasteiger charge is 2.51. The maximum atomic E-state index is 12.7. The summed E-state index contributed by atoms with van der Waals surface area (Å²) >= 11 is 0. The van der Waals surface area contributed by atoms with Crippen molar-refractivity contribution >= 4 is 19.8 Å². The molecule has 1 fully saturated rings. The molecule has 6 atom stereocenters. The van der Waals surface area contributed by atoms with Gasteiger partial charge in [0.15, 0.2) is 6.10 Å². The van der Waals surface area contributed by atoms with Gasteiger partial charge in [-0.1, -0.05) is 108 Å². The summed E-state index contributed by atoms with van der Waals surface area (Å²) in [6, 6.07) is 0. The first kappa shape index (κ1) is 47.1. The van der Waals surface area contributed by atoms with Crippen LogP contribution >= 0.6 is 7.82 Å². The lowest BCUT2D eigenvalue weighted by atomic mass is 9.85. The zero-order chi connectivity index (χ0) is 37.9. The fourth-order valence-corrected chi connectivity index (χ4v) is 6.39. The molecule has 0 amide bonds. The average Bonchev–Trinajstić information content (AvgIpc) is 3.10. The molecule has 51 heavy (non-hydrogen) atoms. The number of phosphoric ester groups is 1. The number of unbranched alkanes of at least 4 members (excludes halogenated alkanes) is 11. The lowest BCUT2D eigenvalue weighted by Gasteiger charge is -2.41. The zero-order valence-corrected chi connectivity index (χ0v) is 31.5. The van der Waals surface area contributed by atoms with Crippen molar-refractivity contribution in [2.24, 2.45) is 0 Å². The number of rotatable bonds is 29. The summed E-state index contributed by atoms with van der Waals surface area (Å²) in [4.78, 5) is 35.2. The minimum Gasteiger partial charge on any atom is -0.462 e. The molecule has 1 saturated carbocycles. The smallest absolute Gasteiger partial charge is 0.462 e. The fraction of sp³-hybridized carbons (Fsp3) is 0.784. The molecule has 6 N–H and O–H groups in total. The van der Waals surface area contributed by atoms with Crippen molar-refractivity contribution in [2.75, 3.05) is 13.2 Å². The van der Waals surface area contributed by atoms with Gasteiger partial charge in [0.05, 0.1) is 6.61 Å². The number of phosphoric acid groups is 1. The van der Waals surface area contributed by atoms with Crippen LogP contribution in [0.1, 0.15) is 129 Å². The standard InChI is InChI=1S/C37H65O13P/c1-3-5-7-9-10-11-12-13-14-15-16-17-18-19-20-22-24-26-31(39)49-29(27-47-30(38)25-23-21-8-6-4-2)28-48-51(45,46)50-37-35(43)33(41)32(40)34(42)36(37)44/h5,7,10-11,13-14,29,32-37,40-44H,3-4,6,8-9,12,15-28H2,1-2H3,(H,45,46)/b7-5-,11-10-,14-13-. The normalized spacial score (nSPS) is 24.3. The minimum atomic E-state index is -5.10. The number of aliphatic hydroxyl groups excluding tert-OH is 5. The quantitative estimate of drug-likeness (QED) is 0.0242. The fourth-order valence-electron chi connectivity index (χ4n) is 5.42. The summed E-state index contributed by atoms with van der Waals surface area (Å²) in [5.41, 5.74) is 0. The molecular weight excluding hydrogens is 683 g/mol. The second-order valence-corrected chi connectivity index (χ2v) is 14.5. The van der Waals surface area contributed by atoms with Crippen LogP contribution in [0.25, 0.3) is 0 Å². The van der Waals surface area contributed by atoms with Crippen LogP contribution in [-0.4, -0.2) is 98.3 Å². The maximum Gasteiger partial charge on any atom is 0.472 e. The van der Waals surface area contributed by atoms with E-state index in [2.05, 4.69) is 50.3 Å². The van der Waals surface area contributed by atoms with Crippen molar-refractivity contribution < 1.29 is 63.1 Å². The summed E-state index contributed by atoms with van der Waals surface area (Å²) in [5, 5.41) is 49.8. The molecule has 1 aliphatic rings. The monoisotopic (exact) mass is 748 g/mol. The second-order valence-electron chi connectivity index (χ2n) is 13.1. The number of hydrogen-bond acceptors (Lipinski definition) is 12. The molecule has 14 heteroatoms. The van der Waals surface area contributed by atoms with Gasteiger partial charge >= 0.3 is 19.8 Å². The first-order valence-corrected chi connectivity index (χ1v) is 20.3. The van der Waals surface area contributed by atoms with E-state index >= 15 is 0 Å². The number of carbonyl (C=O) groups is 2. The van der Waals surface area contributed by atoms with E-state index in [1.54, 1.807) is 0 Å². The van der Waals surface area contributed by atoms with Gasteiger partial charge in [-0.25, -0.2) is 4.57 Å². The number of aliphatic hydroxyl groups is 5. The van der Waals surface area contributed by atoms with Gasteiger partial charge in [0.1, 0.15) is 43.2 Å². The predicted molar refractivity (Wildman–Crippen MR) is 193 cm³/mol. The van der Waals surface area contributed by atoms with Gasteiger partial charge in [-0.3, -0.25) is 18.6 Å². The zero-order valence-electron chi connectivity index (χ0n) is 30.6. The van der Waals surface area contributed by atoms with E-state index in [0.717, 1.165) is 89.9 Å². The van der Waals surface area contributed by atoms with E-state index in [1.807, 2.05) is 0 Å². The molecule has 0 aliphatic heterocycles. The third-order valence-electron chi connectivity index (χ3n) is 8.50. The van der Waals surface area contributed by atoms with Crippen LogP contribution in [0.5, 0.6) is 0 Å². The Labute approximate surface area is 304 Å². The van der Waals surface area contributed by atoms with Gasteiger partial charge in [-0.2, -0.15) is 0 Å². The number of hydrogen-bond donors (Lipinski definition) is 6. The molecule has 6 unspecified atom stereocenters. The lowest BCUT2D eigenvalue weighted by molar-refractivity contribution is -0.220. The molecule has 13 nitrogen and oxygen atoms in total. The molecule has 0 aromatic carbocycles. The molecule has 0 bridgehead atoms. The molecule has 0 aromatic heterocycles. The van der Waals surface area contributed by atoms with Crippen molar-refractivity contribution in [1.82, 2.24) is 0 Å². The van der Waals surface area contributed by atoms with E-state index in [9.17, 15) is 44.6 Å². The van der Waals surface area contributed by atoms with Gasteiger partial charge in [0.25, 0.3) is 0 Å². The molecule has 1 rings (SSSR count). The highest BCUT2D eigenvalue weighted by atomic mass is 31.2. The van der Waals surface area contributed by atoms with Crippen molar-refractivity contribution in [3.63, 3.8) is 0 Å². The van der Waals surface area contributed by atoms with E-state index in [4.69, 9.17) is 18.5 Å². The summed E-state index contributed by atoms with van der Waals surface area (Å²) < 4.78 is 33.1. The highest BCUT2D eigenvalue weighted by molar-refractivity contribution is 7.47. The number of esters is 2. The summed E-state index contributed by atoms with van der Waals surface area (Å²) in [6.45, 7) is 3.03. The van der Waals surface area contributed by atoms with E-state index in [1.165, 1.54) is 0 Å². The molecule has 296 valence electrons. The molecule has 0 aromatic rings. The Morgan fingerprint density at radius 3 is 1.71 bits per heavy atom. The van der Waals surface area contributed by atoms with Crippen molar-refractivity contribution in [1.29, 1.82) is 0 Å². The maximum absolute atomic E-state index is 12.7. The van der Waals surface area contributed by atoms with E-state index < -0.39 is 75.7 Å². The molecule has 1 aliphatic carbocycles. The van der Waals surface area contributed by atoms with Gasteiger partial charge in [0.2, 0.25) is 0 Å². The molecule has 0 heterocycles. The summed E-state index contributed by atoms with van der Waals surface area (Å²) in [6.07, 6.45) is 15.6. The van der Waals surface area contributed by atoms with E-state index in [-0.39, 0.29) is 12.8 Å². The van der Waals surface area contributed by atoms with Crippen LogP contribution < -0.4 is 0 Å². The third-order valence-corrected chi connectivity index (χ3v) is 9.48. The first-order valence-electron chi connectivity index (χ1n) is 18.8. The topological polar surface area (TPSA) is 210 Å². The van der Waals surface area contributed by atoms with Crippen molar-refractivity contribution in [3.8, 4) is 0 Å². The minimum absolute atomic E-state index is 0.0852. The Kier molecular flexibility index (Phi) is 26.4. The third kappa shape index (κ3) is 22.0. The Morgan fingerprint density at radius 1 is 0.627 bits per heavy atom. The van der Waals surface area contributed by atoms with Gasteiger partial charge in [0, 0.05) is 12.8 Å². The second kappa shape index (κ2) is 28.6. The lowest BCUT2D eigenvalue weighted by Crippen LogP contribution is -2.64. The Morgan fingerprint density at radius 2 is 1.12 bits per heavy atom. The average molecular weight is 749 g/mol. The van der Waals surface area contributed by atoms with Gasteiger partial charge in [-0.05, 0) is 44.9 Å². The summed E-state index contributed by atoms with van der Waals surface area (Å²) in [7, 11) is -5.10. The van der Waals surface area contributed by atoms with Crippen LogP contribution in [0.2, 0.25) is 0 Å². The highest BCUT2D eigenvalue weighted by Crippen LogP contribution is 2.47. The molecule has 0 spiro atoms. The largest absolute Gasteiger partial charge is 0.472 e. The van der Waals surface area contributed by atoms with Gasteiger partial charge < -0.3 is 39.9 Å². The Hall–Kier alpha value is -1.93. The van der Waals surface area contributed by atoms with Crippen LogP contribution in [0.4, 0.5) is 0 Å². The molecule has 0 radical (unpaired) electrons. The van der Waals surface area contributed by atoms with Gasteiger partial charge in [-0.15, -0.1) is 0 Å². The predicted octanol–water partition coefficient (Wildman–Crippen LogP) is 5.49. The van der Waals surface area contributed by atoms with Crippen molar-refractivity contribution in [2.45, 2.75) is 172 Å². The van der Waals surface area contributed by atoms with Crippen LogP contribution in [0.3, 0.4) is 0 Å². The Bertz CT molecular complexity index is 1050. The van der Waals surface area contributed by atoms with Crippen molar-refractivity contribution in [3.05, 3.63) is 36.5 Å². The SMILES string of the molecule is CC/C=C\C/C=C\C/C=C\CCCCCCCCCC(=O)OC(COC(=O)CCCCCCC)COP(=O)(O)OC1C(O)C(O)C(O)C(O)C1O. The molecular formula is C37H65O13P. The summed E-state index contributed by atoms with van der Waals surface area (Å²) in [5.74, 6) is -1.13. The van der Waals surface area contributed by atoms with Crippen LogP contribution in [0, 0.1) is 0 Å². The number of carbonyl (C=O) groups excluding carboxylic acids is 2. The van der Waals surface area contributed by atoms with E-state index in [0.29, 0.717) is 12.8 Å². The molecule has 0 saturated heterocycles. The number of ether oxygens (including phenoxy) is 2. The Balaban J connectivity index is 2.48. The van der Waals surface area contributed by atoms with Crippen LogP contribution in [0.15, 0.2) is 36.5 Å². The first-order chi connectivity index (χ1) is 24.4. The number of allylic oxidation sites excluding steroid dienone is 6.